The highest BCUT2D eigenvalue weighted by molar-refractivity contribution is 9.10. The van der Waals surface area contributed by atoms with Gasteiger partial charge in [-0.15, -0.1) is 0 Å². The average Bonchev–Trinajstić information content (AvgIpc) is 2.82. The van der Waals surface area contributed by atoms with E-state index in [0.29, 0.717) is 6.10 Å². The van der Waals surface area contributed by atoms with Crippen LogP contribution in [0.2, 0.25) is 0 Å². The number of nitrogens with zero attached hydrogens (tertiary/aromatic N) is 1. The molecule has 1 unspecified atom stereocenters. The van der Waals surface area contributed by atoms with Crippen molar-refractivity contribution in [3.05, 3.63) is 28.7 Å². The van der Waals surface area contributed by atoms with Gasteiger partial charge in [0.05, 0.1) is 6.10 Å². The minimum Gasteiger partial charge on any atom is -0.384 e. The first-order valence-corrected chi connectivity index (χ1v) is 7.33. The molecule has 2 rings (SSSR count). The van der Waals surface area contributed by atoms with E-state index in [-0.39, 0.29) is 0 Å². The molecule has 1 fully saturated rings. The molecule has 1 saturated heterocycles. The van der Waals surface area contributed by atoms with Crippen LogP contribution in [0.3, 0.4) is 0 Å². The number of ether oxygens (including phenoxy) is 1. The highest BCUT2D eigenvalue weighted by Crippen LogP contribution is 2.15. The van der Waals surface area contributed by atoms with E-state index in [1.54, 1.807) is 0 Å². The maximum atomic E-state index is 5.64. The Morgan fingerprint density at radius 1 is 1.50 bits per heavy atom. The number of hydrogen-bond acceptors (Lipinski definition) is 3. The first-order chi connectivity index (χ1) is 8.74. The van der Waals surface area contributed by atoms with Gasteiger partial charge in [-0.3, -0.25) is 0 Å². The number of halogens is 1. The number of benzene rings is 1. The predicted molar refractivity (Wildman–Crippen MR) is 79.1 cm³/mol. The second-order valence-electron chi connectivity index (χ2n) is 4.83. The lowest BCUT2D eigenvalue weighted by Crippen LogP contribution is -2.32. The van der Waals surface area contributed by atoms with E-state index >= 15 is 0 Å². The SMILES string of the molecule is CN(CCNc1cccc(Br)c1)CC1CCCO1. The number of nitrogens with one attached hydrogen (secondary N) is 1. The van der Waals surface area contributed by atoms with Crippen molar-refractivity contribution in [2.75, 3.05) is 38.6 Å². The smallest absolute Gasteiger partial charge is 0.0702 e. The molecule has 1 N–H and O–H groups in total. The van der Waals surface area contributed by atoms with Crippen molar-refractivity contribution in [3.63, 3.8) is 0 Å². The average molecular weight is 313 g/mol. The summed E-state index contributed by atoms with van der Waals surface area (Å²) in [7, 11) is 2.16. The third kappa shape index (κ3) is 4.59. The third-order valence-corrected chi connectivity index (χ3v) is 3.68. The fourth-order valence-corrected chi connectivity index (χ4v) is 2.62. The maximum Gasteiger partial charge on any atom is 0.0702 e. The summed E-state index contributed by atoms with van der Waals surface area (Å²) >= 11 is 3.47. The Labute approximate surface area is 118 Å². The van der Waals surface area contributed by atoms with Gasteiger partial charge in [-0.05, 0) is 38.1 Å². The molecule has 18 heavy (non-hydrogen) atoms. The third-order valence-electron chi connectivity index (χ3n) is 3.19. The van der Waals surface area contributed by atoms with Crippen molar-refractivity contribution in [1.29, 1.82) is 0 Å². The molecule has 1 atom stereocenters. The lowest BCUT2D eigenvalue weighted by atomic mass is 10.2. The van der Waals surface area contributed by atoms with Crippen LogP contribution < -0.4 is 5.32 Å². The predicted octanol–water partition coefficient (Wildman–Crippen LogP) is 2.97. The Kier molecular flexibility index (Phi) is 5.47. The number of anilines is 1. The Hall–Kier alpha value is -0.580. The number of likely N-dealkylation sites (N-methyl/N-ethyl adjacent to an activating group) is 1. The lowest BCUT2D eigenvalue weighted by Gasteiger charge is -2.20. The standard InChI is InChI=1S/C14H21BrN2O/c1-17(11-14-6-3-9-18-14)8-7-16-13-5-2-4-12(15)10-13/h2,4-5,10,14,16H,3,6-9,11H2,1H3. The molecule has 4 heteroatoms. The zero-order chi connectivity index (χ0) is 12.8. The van der Waals surface area contributed by atoms with Gasteiger partial charge in [-0.25, -0.2) is 0 Å². The molecular weight excluding hydrogens is 292 g/mol. The van der Waals surface area contributed by atoms with Crippen LogP contribution in [0.5, 0.6) is 0 Å². The summed E-state index contributed by atoms with van der Waals surface area (Å²) in [5.41, 5.74) is 1.16. The van der Waals surface area contributed by atoms with Crippen molar-refractivity contribution in [2.24, 2.45) is 0 Å². The van der Waals surface area contributed by atoms with Gasteiger partial charge in [0.2, 0.25) is 0 Å². The lowest BCUT2D eigenvalue weighted by molar-refractivity contribution is 0.0823. The molecule has 0 aromatic heterocycles. The van der Waals surface area contributed by atoms with Crippen LogP contribution in [-0.2, 0) is 4.74 Å². The molecule has 0 amide bonds. The summed E-state index contributed by atoms with van der Waals surface area (Å²) in [6.45, 7) is 3.97. The van der Waals surface area contributed by atoms with Crippen molar-refractivity contribution in [3.8, 4) is 0 Å². The second-order valence-corrected chi connectivity index (χ2v) is 5.75. The van der Waals surface area contributed by atoms with E-state index in [2.05, 4.69) is 45.3 Å². The van der Waals surface area contributed by atoms with Crippen molar-refractivity contribution in [2.45, 2.75) is 18.9 Å². The fraction of sp³-hybridized carbons (Fsp3) is 0.571. The van der Waals surface area contributed by atoms with Gasteiger partial charge in [0.15, 0.2) is 0 Å². The molecule has 1 aromatic carbocycles. The Bertz CT molecular complexity index is 367. The van der Waals surface area contributed by atoms with E-state index in [4.69, 9.17) is 4.74 Å². The summed E-state index contributed by atoms with van der Waals surface area (Å²) in [5, 5.41) is 3.43. The molecule has 0 spiro atoms. The Morgan fingerprint density at radius 3 is 3.11 bits per heavy atom. The van der Waals surface area contributed by atoms with Gasteiger partial charge in [0.25, 0.3) is 0 Å². The largest absolute Gasteiger partial charge is 0.384 e. The molecule has 1 heterocycles. The van der Waals surface area contributed by atoms with Crippen LogP contribution >= 0.6 is 15.9 Å². The van der Waals surface area contributed by atoms with Crippen LogP contribution in [-0.4, -0.2) is 44.3 Å². The van der Waals surface area contributed by atoms with E-state index in [1.165, 1.54) is 12.8 Å². The summed E-state index contributed by atoms with van der Waals surface area (Å²) in [6, 6.07) is 8.27. The summed E-state index contributed by atoms with van der Waals surface area (Å²) in [4.78, 5) is 2.33. The van der Waals surface area contributed by atoms with Crippen molar-refractivity contribution in [1.82, 2.24) is 4.90 Å². The highest BCUT2D eigenvalue weighted by atomic mass is 79.9. The molecule has 1 aliphatic heterocycles. The van der Waals surface area contributed by atoms with Gasteiger partial charge in [-0.2, -0.15) is 0 Å². The highest BCUT2D eigenvalue weighted by Gasteiger charge is 2.16. The fourth-order valence-electron chi connectivity index (χ4n) is 2.22. The topological polar surface area (TPSA) is 24.5 Å². The zero-order valence-electron chi connectivity index (χ0n) is 10.9. The molecule has 0 radical (unpaired) electrons. The summed E-state index contributed by atoms with van der Waals surface area (Å²) in [6.07, 6.45) is 2.87. The molecule has 3 nitrogen and oxygen atoms in total. The molecular formula is C14H21BrN2O. The minimum absolute atomic E-state index is 0.445. The quantitative estimate of drug-likeness (QED) is 0.874. The monoisotopic (exact) mass is 312 g/mol. The molecule has 1 aromatic rings. The van der Waals surface area contributed by atoms with Gasteiger partial charge < -0.3 is 15.0 Å². The first-order valence-electron chi connectivity index (χ1n) is 6.53. The normalized spacial score (nSPS) is 19.4. The van der Waals surface area contributed by atoms with Crippen LogP contribution in [0.4, 0.5) is 5.69 Å². The van der Waals surface area contributed by atoms with Gasteiger partial charge in [-0.1, -0.05) is 22.0 Å². The van der Waals surface area contributed by atoms with Crippen molar-refractivity contribution < 1.29 is 4.74 Å². The van der Waals surface area contributed by atoms with Crippen molar-refractivity contribution >= 4 is 21.6 Å². The molecule has 100 valence electrons. The van der Waals surface area contributed by atoms with Crippen LogP contribution in [0, 0.1) is 0 Å². The molecule has 0 aliphatic carbocycles. The first kappa shape index (κ1) is 13.8. The molecule has 1 aliphatic rings. The van der Waals surface area contributed by atoms with E-state index in [1.807, 2.05) is 12.1 Å². The number of hydrogen-bond donors (Lipinski definition) is 1. The summed E-state index contributed by atoms with van der Waals surface area (Å²) in [5.74, 6) is 0. The van der Waals surface area contributed by atoms with Gasteiger partial charge >= 0.3 is 0 Å². The zero-order valence-corrected chi connectivity index (χ0v) is 12.4. The number of rotatable bonds is 6. The van der Waals surface area contributed by atoms with Crippen LogP contribution in [0.25, 0.3) is 0 Å². The Morgan fingerprint density at radius 2 is 2.39 bits per heavy atom. The summed E-state index contributed by atoms with van der Waals surface area (Å²) < 4.78 is 6.75. The molecule has 0 saturated carbocycles. The van der Waals surface area contributed by atoms with E-state index < -0.39 is 0 Å². The van der Waals surface area contributed by atoms with E-state index in [0.717, 1.165) is 36.4 Å². The maximum absolute atomic E-state index is 5.64. The van der Waals surface area contributed by atoms with E-state index in [9.17, 15) is 0 Å². The van der Waals surface area contributed by atoms with Gasteiger partial charge in [0, 0.05) is 36.4 Å². The minimum atomic E-state index is 0.445. The molecule has 0 bridgehead atoms. The second kappa shape index (κ2) is 7.12. The van der Waals surface area contributed by atoms with Crippen LogP contribution in [0.15, 0.2) is 28.7 Å². The Balaban J connectivity index is 1.65. The van der Waals surface area contributed by atoms with Crippen LogP contribution in [0.1, 0.15) is 12.8 Å². The van der Waals surface area contributed by atoms with Gasteiger partial charge in [0.1, 0.15) is 0 Å².